The number of carbonyl (C=O) groups is 1. The van der Waals surface area contributed by atoms with Gasteiger partial charge >= 0.3 is 0 Å². The third kappa shape index (κ3) is 4.70. The second-order valence-corrected chi connectivity index (χ2v) is 6.79. The van der Waals surface area contributed by atoms with Crippen molar-refractivity contribution in [1.82, 2.24) is 5.43 Å². The normalized spacial score (nSPS) is 14.5. The molecule has 0 aromatic heterocycles. The number of hydrogen-bond acceptors (Lipinski definition) is 5. The summed E-state index contributed by atoms with van der Waals surface area (Å²) in [6, 6.07) is 13.5. The number of anilines is 1. The van der Waals surface area contributed by atoms with Gasteiger partial charge in [0.25, 0.3) is 5.91 Å². The van der Waals surface area contributed by atoms with Crippen LogP contribution in [0.25, 0.3) is 0 Å². The topological polar surface area (TPSA) is 65.8 Å². The van der Waals surface area contributed by atoms with Gasteiger partial charge < -0.3 is 5.32 Å². The van der Waals surface area contributed by atoms with Crippen LogP contribution < -0.4 is 10.7 Å². The molecule has 0 fully saturated rings. The van der Waals surface area contributed by atoms with E-state index in [4.69, 9.17) is 0 Å². The van der Waals surface area contributed by atoms with E-state index in [-0.39, 0.29) is 5.56 Å². The van der Waals surface area contributed by atoms with Crippen molar-refractivity contribution in [1.29, 1.82) is 0 Å². The predicted molar refractivity (Wildman–Crippen MR) is 106 cm³/mol. The van der Waals surface area contributed by atoms with Gasteiger partial charge in [-0.15, -0.1) is 0 Å². The van der Waals surface area contributed by atoms with Gasteiger partial charge in [-0.1, -0.05) is 36.0 Å². The molecule has 26 heavy (non-hydrogen) atoms. The number of aliphatic imine (C=N–C) groups is 1. The predicted octanol–water partition coefficient (Wildman–Crippen LogP) is 3.88. The van der Waals surface area contributed by atoms with Crippen LogP contribution in [0.2, 0.25) is 0 Å². The van der Waals surface area contributed by atoms with Crippen molar-refractivity contribution < 1.29 is 9.18 Å². The maximum atomic E-state index is 13.6. The van der Waals surface area contributed by atoms with Gasteiger partial charge in [-0.25, -0.2) is 9.82 Å². The summed E-state index contributed by atoms with van der Waals surface area (Å²) in [6.45, 7) is 2.64. The first-order chi connectivity index (χ1) is 12.6. The van der Waals surface area contributed by atoms with E-state index >= 15 is 0 Å². The highest BCUT2D eigenvalue weighted by Gasteiger charge is 2.10. The molecule has 0 saturated heterocycles. The Bertz CT molecular complexity index is 849. The summed E-state index contributed by atoms with van der Waals surface area (Å²) in [5.41, 5.74) is 4.80. The fraction of sp³-hybridized carbons (Fsp3) is 0.211. The minimum absolute atomic E-state index is 0.0330. The van der Waals surface area contributed by atoms with E-state index in [9.17, 15) is 9.18 Å². The lowest BCUT2D eigenvalue weighted by atomic mass is 10.1. The van der Waals surface area contributed by atoms with E-state index in [1.54, 1.807) is 24.8 Å². The smallest absolute Gasteiger partial charge is 0.274 e. The van der Waals surface area contributed by atoms with Crippen molar-refractivity contribution in [3.8, 4) is 0 Å². The molecular formula is C19H19FN4OS. The van der Waals surface area contributed by atoms with Crippen LogP contribution in [0.15, 0.2) is 58.6 Å². The van der Waals surface area contributed by atoms with Gasteiger partial charge in [-0.2, -0.15) is 5.10 Å². The zero-order chi connectivity index (χ0) is 18.4. The van der Waals surface area contributed by atoms with Gasteiger partial charge in [-0.05, 0) is 43.2 Å². The molecule has 0 aliphatic carbocycles. The van der Waals surface area contributed by atoms with Crippen molar-refractivity contribution in [2.45, 2.75) is 13.3 Å². The number of nitrogens with zero attached hydrogens (tertiary/aromatic N) is 2. The molecule has 0 unspecified atom stereocenters. The van der Waals surface area contributed by atoms with Gasteiger partial charge in [0.1, 0.15) is 5.82 Å². The average molecular weight is 370 g/mol. The Kier molecular flexibility index (Phi) is 6.01. The molecule has 2 aromatic rings. The largest absolute Gasteiger partial charge is 0.335 e. The SMILES string of the molecule is C/C(=N/NC(=O)c1ccccc1F)c1ccc(NC2=NCCCS2)cc1. The summed E-state index contributed by atoms with van der Waals surface area (Å²) < 4.78 is 13.6. The highest BCUT2D eigenvalue weighted by molar-refractivity contribution is 8.14. The lowest BCUT2D eigenvalue weighted by Gasteiger charge is -2.13. The van der Waals surface area contributed by atoms with Crippen LogP contribution in [0.5, 0.6) is 0 Å². The second kappa shape index (κ2) is 8.62. The molecule has 134 valence electrons. The van der Waals surface area contributed by atoms with Crippen molar-refractivity contribution in [3.05, 3.63) is 65.5 Å². The molecule has 1 heterocycles. The zero-order valence-corrected chi connectivity index (χ0v) is 15.1. The van der Waals surface area contributed by atoms with Crippen LogP contribution in [0, 0.1) is 5.82 Å². The molecule has 0 saturated carbocycles. The van der Waals surface area contributed by atoms with E-state index in [1.807, 2.05) is 24.3 Å². The Morgan fingerprint density at radius 1 is 1.19 bits per heavy atom. The van der Waals surface area contributed by atoms with Gasteiger partial charge in [0.2, 0.25) is 0 Å². The second-order valence-electron chi connectivity index (χ2n) is 5.71. The number of hydrogen-bond donors (Lipinski definition) is 2. The molecule has 2 N–H and O–H groups in total. The molecule has 1 aliphatic heterocycles. The van der Waals surface area contributed by atoms with Gasteiger partial charge in [0, 0.05) is 18.0 Å². The van der Waals surface area contributed by atoms with Crippen LogP contribution in [0.3, 0.4) is 0 Å². The number of amides is 1. The van der Waals surface area contributed by atoms with Crippen LogP contribution >= 0.6 is 11.8 Å². The van der Waals surface area contributed by atoms with Crippen molar-refractivity contribution in [3.63, 3.8) is 0 Å². The molecule has 0 radical (unpaired) electrons. The van der Waals surface area contributed by atoms with Crippen LogP contribution in [-0.4, -0.2) is 29.1 Å². The minimum atomic E-state index is -0.576. The summed E-state index contributed by atoms with van der Waals surface area (Å²) in [6.07, 6.45) is 1.11. The number of carbonyl (C=O) groups excluding carboxylic acids is 1. The van der Waals surface area contributed by atoms with Crippen LogP contribution in [0.4, 0.5) is 10.1 Å². The van der Waals surface area contributed by atoms with Crippen molar-refractivity contribution in [2.75, 3.05) is 17.6 Å². The summed E-state index contributed by atoms with van der Waals surface area (Å²) in [5, 5.41) is 8.28. The number of hydrazone groups is 1. The lowest BCUT2D eigenvalue weighted by Crippen LogP contribution is -2.20. The fourth-order valence-electron chi connectivity index (χ4n) is 2.36. The van der Waals surface area contributed by atoms with Gasteiger partial charge in [0.15, 0.2) is 5.17 Å². The Morgan fingerprint density at radius 2 is 1.96 bits per heavy atom. The first kappa shape index (κ1) is 18.1. The van der Waals surface area contributed by atoms with E-state index in [2.05, 4.69) is 20.8 Å². The maximum Gasteiger partial charge on any atom is 0.274 e. The molecule has 7 heteroatoms. The number of halogens is 1. The van der Waals surface area contributed by atoms with Crippen molar-refractivity contribution in [2.24, 2.45) is 10.1 Å². The quantitative estimate of drug-likeness (QED) is 0.634. The van der Waals surface area contributed by atoms with E-state index in [1.165, 1.54) is 18.2 Å². The molecule has 3 rings (SSSR count). The standard InChI is InChI=1S/C19H19FN4OS/c1-13(23-24-18(25)16-5-2-3-6-17(16)20)14-7-9-15(10-8-14)22-19-21-11-4-12-26-19/h2-3,5-10H,4,11-12H2,1H3,(H,21,22)(H,24,25)/b23-13-. The molecular weight excluding hydrogens is 351 g/mol. The summed E-state index contributed by atoms with van der Waals surface area (Å²) in [7, 11) is 0. The monoisotopic (exact) mass is 370 g/mol. The Labute approximate surface area is 155 Å². The van der Waals surface area contributed by atoms with E-state index in [0.717, 1.165) is 35.1 Å². The Hall–Kier alpha value is -2.67. The molecule has 2 aromatic carbocycles. The molecule has 0 spiro atoms. The molecule has 0 atom stereocenters. The number of nitrogens with one attached hydrogen (secondary N) is 2. The average Bonchev–Trinajstić information content (AvgIpc) is 2.67. The molecule has 5 nitrogen and oxygen atoms in total. The number of rotatable bonds is 4. The minimum Gasteiger partial charge on any atom is -0.335 e. The lowest BCUT2D eigenvalue weighted by molar-refractivity contribution is 0.0951. The summed E-state index contributed by atoms with van der Waals surface area (Å²) in [5.74, 6) is -0.0675. The maximum absolute atomic E-state index is 13.6. The summed E-state index contributed by atoms with van der Waals surface area (Å²) in [4.78, 5) is 16.4. The molecule has 1 aliphatic rings. The molecule has 0 bridgehead atoms. The first-order valence-electron chi connectivity index (χ1n) is 8.27. The van der Waals surface area contributed by atoms with Gasteiger partial charge in [0.05, 0.1) is 11.3 Å². The highest BCUT2D eigenvalue weighted by Crippen LogP contribution is 2.17. The Balaban J connectivity index is 1.63. The molecule has 1 amide bonds. The third-order valence-electron chi connectivity index (χ3n) is 3.79. The Morgan fingerprint density at radius 3 is 2.65 bits per heavy atom. The van der Waals surface area contributed by atoms with Crippen molar-refractivity contribution >= 4 is 34.2 Å². The summed E-state index contributed by atoms with van der Waals surface area (Å²) >= 11 is 1.72. The van der Waals surface area contributed by atoms with E-state index in [0.29, 0.717) is 5.71 Å². The first-order valence-corrected chi connectivity index (χ1v) is 9.26. The number of amidine groups is 1. The fourth-order valence-corrected chi connectivity index (χ4v) is 3.20. The number of benzene rings is 2. The van der Waals surface area contributed by atoms with Crippen LogP contribution in [-0.2, 0) is 0 Å². The van der Waals surface area contributed by atoms with Gasteiger partial charge in [-0.3, -0.25) is 9.79 Å². The zero-order valence-electron chi connectivity index (χ0n) is 14.3. The van der Waals surface area contributed by atoms with Crippen LogP contribution in [0.1, 0.15) is 29.3 Å². The number of thioether (sulfide) groups is 1. The third-order valence-corrected chi connectivity index (χ3v) is 4.79. The van der Waals surface area contributed by atoms with E-state index < -0.39 is 11.7 Å². The highest BCUT2D eigenvalue weighted by atomic mass is 32.2.